The van der Waals surface area contributed by atoms with Gasteiger partial charge in [0.15, 0.2) is 12.6 Å². The molecule has 2 aliphatic heterocycles. The molecule has 7 N–H and O–H groups in total. The number of esters is 1. The highest BCUT2D eigenvalue weighted by molar-refractivity contribution is 5.69. The predicted octanol–water partition coefficient (Wildman–Crippen LogP) is 8.08. The summed E-state index contributed by atoms with van der Waals surface area (Å²) in [5.74, 6) is -0.371. The number of hydrogen-bond acceptors (Lipinski definition) is 14. The Hall–Kier alpha value is -1.01. The number of ether oxygens (including phenoxy) is 6. The van der Waals surface area contributed by atoms with Crippen molar-refractivity contribution in [2.45, 2.75) is 287 Å². The molecule has 11 unspecified atom stereocenters. The molecule has 0 spiro atoms. The van der Waals surface area contributed by atoms with Crippen LogP contribution in [0.2, 0.25) is 0 Å². The molecule has 386 valence electrons. The van der Waals surface area contributed by atoms with E-state index in [1.165, 1.54) is 154 Å². The summed E-state index contributed by atoms with van der Waals surface area (Å²) in [5.41, 5.74) is 0. The molecule has 2 aliphatic rings. The molecule has 2 saturated heterocycles. The Morgan fingerprint density at radius 2 is 0.815 bits per heavy atom. The third-order valence-corrected chi connectivity index (χ3v) is 13.1. The van der Waals surface area contributed by atoms with Crippen molar-refractivity contribution in [3.63, 3.8) is 0 Å². The summed E-state index contributed by atoms with van der Waals surface area (Å²) < 4.78 is 34.2. The highest BCUT2D eigenvalue weighted by atomic mass is 16.7. The van der Waals surface area contributed by atoms with Crippen LogP contribution in [0.25, 0.3) is 0 Å². The summed E-state index contributed by atoms with van der Waals surface area (Å²) in [4.78, 5) is 13.0. The van der Waals surface area contributed by atoms with Crippen LogP contribution in [0, 0.1) is 0 Å². The van der Waals surface area contributed by atoms with Gasteiger partial charge in [0, 0.05) is 13.0 Å². The van der Waals surface area contributed by atoms with Crippen LogP contribution < -0.4 is 0 Å². The fourth-order valence-corrected chi connectivity index (χ4v) is 8.76. The minimum atomic E-state index is -1.70. The lowest BCUT2D eigenvalue weighted by Gasteiger charge is -2.42. The lowest BCUT2D eigenvalue weighted by Crippen LogP contribution is -2.61. The topological polar surface area (TPSA) is 214 Å². The first-order chi connectivity index (χ1) is 31.6. The molecule has 14 heteroatoms. The minimum absolute atomic E-state index is 0.0687. The van der Waals surface area contributed by atoms with Crippen LogP contribution in [0.15, 0.2) is 0 Å². The summed E-state index contributed by atoms with van der Waals surface area (Å²) in [6.45, 7) is 3.70. The highest BCUT2D eigenvalue weighted by Crippen LogP contribution is 2.27. The van der Waals surface area contributed by atoms with Crippen molar-refractivity contribution in [3.8, 4) is 0 Å². The molecule has 0 aliphatic carbocycles. The molecular weight excluding hydrogens is 837 g/mol. The second-order valence-corrected chi connectivity index (χ2v) is 19.1. The van der Waals surface area contributed by atoms with Gasteiger partial charge in [-0.05, 0) is 12.8 Å². The monoisotopic (exact) mass is 935 g/mol. The third-order valence-electron chi connectivity index (χ3n) is 13.1. The largest absolute Gasteiger partial charge is 0.457 e. The predicted molar refractivity (Wildman–Crippen MR) is 252 cm³/mol. The normalized spacial score (nSPS) is 26.4. The van der Waals surface area contributed by atoms with E-state index in [4.69, 9.17) is 28.4 Å². The van der Waals surface area contributed by atoms with Crippen LogP contribution in [-0.4, -0.2) is 142 Å². The summed E-state index contributed by atoms with van der Waals surface area (Å²) in [7, 11) is 0. The van der Waals surface area contributed by atoms with Gasteiger partial charge in [0.25, 0.3) is 0 Å². The standard InChI is InChI=1S/C51H98O14/c1-3-5-7-9-11-13-14-15-16-17-18-19-20-21-22-23-24-25-26-27-28-30-32-34-43(53)63-40(37-60-35-33-31-29-12-10-8-6-4-2)38-61-50-49(59)47(57)45(55)42(65-50)39-62-51-48(58)46(56)44(54)41(36-52)64-51/h40-42,44-52,54-59H,3-39H2,1-2H3. The molecule has 2 heterocycles. The molecule has 0 radical (unpaired) electrons. The molecule has 0 aromatic carbocycles. The minimum Gasteiger partial charge on any atom is -0.457 e. The van der Waals surface area contributed by atoms with E-state index in [1.807, 2.05) is 0 Å². The average molecular weight is 935 g/mol. The SMILES string of the molecule is CCCCCCCCCCCCCCCCCCCCCCCCCC(=O)OC(COCCCCCCCCCC)COC1OC(COC2OC(CO)C(O)C(O)C2O)C(O)C(O)C1O. The zero-order valence-corrected chi connectivity index (χ0v) is 41.0. The van der Waals surface area contributed by atoms with Crippen molar-refractivity contribution < 1.29 is 69.0 Å². The summed E-state index contributed by atoms with van der Waals surface area (Å²) >= 11 is 0. The van der Waals surface area contributed by atoms with E-state index in [0.717, 1.165) is 44.9 Å². The van der Waals surface area contributed by atoms with Gasteiger partial charge < -0.3 is 64.2 Å². The number of rotatable bonds is 43. The zero-order chi connectivity index (χ0) is 47.3. The van der Waals surface area contributed by atoms with Gasteiger partial charge in [-0.15, -0.1) is 0 Å². The first-order valence-electron chi connectivity index (χ1n) is 26.6. The van der Waals surface area contributed by atoms with E-state index in [2.05, 4.69) is 13.8 Å². The number of aliphatic hydroxyl groups excluding tert-OH is 7. The van der Waals surface area contributed by atoms with Crippen LogP contribution in [0.3, 0.4) is 0 Å². The van der Waals surface area contributed by atoms with Crippen molar-refractivity contribution in [2.75, 3.05) is 33.0 Å². The molecule has 0 aromatic heterocycles. The van der Waals surface area contributed by atoms with Gasteiger partial charge in [-0.2, -0.15) is 0 Å². The molecular formula is C51H98O14. The smallest absolute Gasteiger partial charge is 0.306 e. The average Bonchev–Trinajstić information content (AvgIpc) is 3.30. The Labute approximate surface area is 393 Å². The van der Waals surface area contributed by atoms with Gasteiger partial charge in [-0.25, -0.2) is 0 Å². The summed E-state index contributed by atoms with van der Waals surface area (Å²) in [6, 6.07) is 0. The fraction of sp³-hybridized carbons (Fsp3) is 0.980. The molecule has 65 heavy (non-hydrogen) atoms. The van der Waals surface area contributed by atoms with Crippen LogP contribution >= 0.6 is 0 Å². The molecule has 0 bridgehead atoms. The molecule has 11 atom stereocenters. The van der Waals surface area contributed by atoms with Crippen LogP contribution in [0.1, 0.15) is 219 Å². The molecule has 2 rings (SSSR count). The van der Waals surface area contributed by atoms with Crippen molar-refractivity contribution in [1.82, 2.24) is 0 Å². The lowest BCUT2D eigenvalue weighted by atomic mass is 9.98. The van der Waals surface area contributed by atoms with E-state index < -0.39 is 80.7 Å². The number of carbonyl (C=O) groups excluding carboxylic acids is 1. The maximum absolute atomic E-state index is 13.0. The Morgan fingerprint density at radius 3 is 1.25 bits per heavy atom. The van der Waals surface area contributed by atoms with E-state index in [-0.39, 0.29) is 25.6 Å². The Morgan fingerprint density at radius 1 is 0.446 bits per heavy atom. The maximum Gasteiger partial charge on any atom is 0.306 e. The van der Waals surface area contributed by atoms with Crippen molar-refractivity contribution in [2.24, 2.45) is 0 Å². The van der Waals surface area contributed by atoms with Crippen molar-refractivity contribution >= 4 is 5.97 Å². The molecule has 0 saturated carbocycles. The van der Waals surface area contributed by atoms with Crippen LogP contribution in [-0.2, 0) is 33.2 Å². The molecule has 0 amide bonds. The molecule has 0 aromatic rings. The number of hydrogen-bond donors (Lipinski definition) is 7. The van der Waals surface area contributed by atoms with E-state index >= 15 is 0 Å². The molecule has 2 fully saturated rings. The number of carbonyl (C=O) groups is 1. The van der Waals surface area contributed by atoms with Crippen molar-refractivity contribution in [1.29, 1.82) is 0 Å². The second kappa shape index (κ2) is 39.8. The van der Waals surface area contributed by atoms with Crippen LogP contribution in [0.5, 0.6) is 0 Å². The highest BCUT2D eigenvalue weighted by Gasteiger charge is 2.47. The second-order valence-electron chi connectivity index (χ2n) is 19.1. The fourth-order valence-electron chi connectivity index (χ4n) is 8.76. The lowest BCUT2D eigenvalue weighted by molar-refractivity contribution is -0.332. The van der Waals surface area contributed by atoms with Gasteiger partial charge in [0.2, 0.25) is 0 Å². The van der Waals surface area contributed by atoms with Gasteiger partial charge in [0.1, 0.15) is 54.9 Å². The summed E-state index contributed by atoms with van der Waals surface area (Å²) in [5, 5.41) is 72.0. The zero-order valence-electron chi connectivity index (χ0n) is 41.0. The van der Waals surface area contributed by atoms with E-state index in [9.17, 15) is 40.5 Å². The first kappa shape index (κ1) is 60.1. The quantitative estimate of drug-likeness (QED) is 0.0228. The van der Waals surface area contributed by atoms with E-state index in [1.54, 1.807) is 0 Å². The maximum atomic E-state index is 13.0. The third kappa shape index (κ3) is 27.7. The van der Waals surface area contributed by atoms with Gasteiger partial charge in [0.05, 0.1) is 26.4 Å². The van der Waals surface area contributed by atoms with Crippen molar-refractivity contribution in [3.05, 3.63) is 0 Å². The van der Waals surface area contributed by atoms with Gasteiger partial charge in [-0.1, -0.05) is 200 Å². The number of unbranched alkanes of at least 4 members (excludes halogenated alkanes) is 29. The van der Waals surface area contributed by atoms with Gasteiger partial charge in [-0.3, -0.25) is 4.79 Å². The number of aliphatic hydroxyl groups is 7. The van der Waals surface area contributed by atoms with Gasteiger partial charge >= 0.3 is 5.97 Å². The Kier molecular flexibility index (Phi) is 36.8. The summed E-state index contributed by atoms with van der Waals surface area (Å²) in [6.07, 6.45) is 23.4. The first-order valence-corrected chi connectivity index (χ1v) is 26.6. The molecule has 14 nitrogen and oxygen atoms in total. The Bertz CT molecular complexity index is 1090. The van der Waals surface area contributed by atoms with Crippen LogP contribution in [0.4, 0.5) is 0 Å². The van der Waals surface area contributed by atoms with E-state index in [0.29, 0.717) is 6.61 Å². The Balaban J connectivity index is 1.66.